The average Bonchev–Trinajstić information content (AvgIpc) is 2.36. The lowest BCUT2D eigenvalue weighted by Crippen LogP contribution is -2.30. The molecule has 0 aliphatic carbocycles. The van der Waals surface area contributed by atoms with E-state index in [-0.39, 0.29) is 5.91 Å². The van der Waals surface area contributed by atoms with Crippen molar-refractivity contribution in [2.24, 2.45) is 11.6 Å². The summed E-state index contributed by atoms with van der Waals surface area (Å²) in [5.74, 6) is 5.53. The van der Waals surface area contributed by atoms with Gasteiger partial charge in [-0.05, 0) is 25.1 Å². The second-order valence-corrected chi connectivity index (χ2v) is 5.14. The lowest BCUT2D eigenvalue weighted by atomic mass is 10.2. The Hall–Kier alpha value is -1.11. The minimum Gasteiger partial charge on any atom is -0.330 e. The summed E-state index contributed by atoms with van der Waals surface area (Å²) < 4.78 is 0. The zero-order valence-electron chi connectivity index (χ0n) is 9.85. The molecule has 1 heterocycles. The van der Waals surface area contributed by atoms with Gasteiger partial charge >= 0.3 is 0 Å². The van der Waals surface area contributed by atoms with Crippen molar-refractivity contribution in [1.82, 2.24) is 10.4 Å². The Kier molecular flexibility index (Phi) is 5.96. The summed E-state index contributed by atoms with van der Waals surface area (Å²) >= 11 is 1.81. The summed E-state index contributed by atoms with van der Waals surface area (Å²) in [5.41, 5.74) is 8.97. The molecule has 1 atom stereocenters. The van der Waals surface area contributed by atoms with Crippen LogP contribution in [0.3, 0.4) is 0 Å². The van der Waals surface area contributed by atoms with E-state index < -0.39 is 0 Å². The SMILES string of the molecule is CC(CCN)SCc1ccc(C(=O)NN)cn1. The topological polar surface area (TPSA) is 94.0 Å². The van der Waals surface area contributed by atoms with E-state index in [4.69, 9.17) is 11.6 Å². The molecule has 17 heavy (non-hydrogen) atoms. The van der Waals surface area contributed by atoms with Gasteiger partial charge in [-0.15, -0.1) is 0 Å². The van der Waals surface area contributed by atoms with Gasteiger partial charge in [0.25, 0.3) is 5.91 Å². The molecule has 0 aliphatic rings. The van der Waals surface area contributed by atoms with Crippen LogP contribution in [0.15, 0.2) is 18.3 Å². The second-order valence-electron chi connectivity index (χ2n) is 3.71. The molecule has 0 spiro atoms. The highest BCUT2D eigenvalue weighted by atomic mass is 32.2. The molecule has 1 aromatic heterocycles. The number of hydrogen-bond acceptors (Lipinski definition) is 5. The number of nitrogen functional groups attached to an aromatic ring is 1. The van der Waals surface area contributed by atoms with Crippen molar-refractivity contribution in [3.63, 3.8) is 0 Å². The number of pyridine rings is 1. The molecule has 1 unspecified atom stereocenters. The molecule has 6 heteroatoms. The highest BCUT2D eigenvalue weighted by Gasteiger charge is 2.05. The van der Waals surface area contributed by atoms with Crippen molar-refractivity contribution >= 4 is 17.7 Å². The van der Waals surface area contributed by atoms with Gasteiger partial charge in [-0.2, -0.15) is 11.8 Å². The van der Waals surface area contributed by atoms with E-state index in [0.717, 1.165) is 17.9 Å². The maximum absolute atomic E-state index is 11.2. The highest BCUT2D eigenvalue weighted by molar-refractivity contribution is 7.99. The zero-order chi connectivity index (χ0) is 12.7. The lowest BCUT2D eigenvalue weighted by molar-refractivity contribution is 0.0953. The average molecular weight is 254 g/mol. The highest BCUT2D eigenvalue weighted by Crippen LogP contribution is 2.18. The number of thioether (sulfide) groups is 1. The van der Waals surface area contributed by atoms with E-state index in [0.29, 0.717) is 17.4 Å². The minimum absolute atomic E-state index is 0.326. The van der Waals surface area contributed by atoms with E-state index in [9.17, 15) is 4.79 Å². The number of aromatic nitrogens is 1. The third kappa shape index (κ3) is 4.72. The quantitative estimate of drug-likeness (QED) is 0.394. The van der Waals surface area contributed by atoms with Gasteiger partial charge in [0, 0.05) is 17.2 Å². The molecular weight excluding hydrogens is 236 g/mol. The first-order valence-corrected chi connectivity index (χ1v) is 6.49. The van der Waals surface area contributed by atoms with Crippen LogP contribution in [-0.4, -0.2) is 22.7 Å². The maximum Gasteiger partial charge on any atom is 0.266 e. The van der Waals surface area contributed by atoms with Crippen LogP contribution in [-0.2, 0) is 5.75 Å². The summed E-state index contributed by atoms with van der Waals surface area (Å²) in [5, 5.41) is 0.522. The van der Waals surface area contributed by atoms with Crippen LogP contribution in [0.25, 0.3) is 0 Å². The van der Waals surface area contributed by atoms with Crippen molar-refractivity contribution in [1.29, 1.82) is 0 Å². The first kappa shape index (κ1) is 14.0. The van der Waals surface area contributed by atoms with Crippen LogP contribution in [0.4, 0.5) is 0 Å². The lowest BCUT2D eigenvalue weighted by Gasteiger charge is -2.09. The summed E-state index contributed by atoms with van der Waals surface area (Å²) in [6.45, 7) is 2.85. The maximum atomic E-state index is 11.2. The first-order valence-electron chi connectivity index (χ1n) is 5.45. The van der Waals surface area contributed by atoms with Crippen LogP contribution in [0.1, 0.15) is 29.4 Å². The molecule has 0 saturated heterocycles. The molecule has 5 N–H and O–H groups in total. The minimum atomic E-state index is -0.326. The molecule has 1 amide bonds. The summed E-state index contributed by atoms with van der Waals surface area (Å²) in [6, 6.07) is 3.56. The van der Waals surface area contributed by atoms with E-state index in [1.807, 2.05) is 6.07 Å². The molecular formula is C11H18N4OS. The van der Waals surface area contributed by atoms with Gasteiger partial charge < -0.3 is 5.73 Å². The Morgan fingerprint density at radius 3 is 2.88 bits per heavy atom. The number of hydrazine groups is 1. The number of nitrogens with two attached hydrogens (primary N) is 2. The van der Waals surface area contributed by atoms with Gasteiger partial charge in [0.15, 0.2) is 0 Å². The fraction of sp³-hybridized carbons (Fsp3) is 0.455. The van der Waals surface area contributed by atoms with Gasteiger partial charge in [0.1, 0.15) is 0 Å². The fourth-order valence-corrected chi connectivity index (χ4v) is 2.20. The normalized spacial score (nSPS) is 12.2. The Bertz CT molecular complexity index is 355. The van der Waals surface area contributed by atoms with Crippen LogP contribution in [0, 0.1) is 0 Å². The van der Waals surface area contributed by atoms with Crippen molar-refractivity contribution in [2.45, 2.75) is 24.3 Å². The number of hydrogen-bond donors (Lipinski definition) is 3. The summed E-state index contributed by atoms with van der Waals surface area (Å²) in [4.78, 5) is 15.4. The Morgan fingerprint density at radius 2 is 2.35 bits per heavy atom. The molecule has 0 bridgehead atoms. The molecule has 1 aromatic rings. The molecule has 0 radical (unpaired) electrons. The van der Waals surface area contributed by atoms with Crippen LogP contribution < -0.4 is 17.0 Å². The predicted octanol–water partition coefficient (Wildman–Crippen LogP) is 0.656. The molecule has 5 nitrogen and oxygen atoms in total. The third-order valence-electron chi connectivity index (χ3n) is 2.31. The standard InChI is InChI=1S/C11H18N4OS/c1-8(4-5-12)17-7-10-3-2-9(6-14-10)11(16)15-13/h2-3,6,8H,4-5,7,12-13H2,1H3,(H,15,16). The van der Waals surface area contributed by atoms with Crippen molar-refractivity contribution in [3.8, 4) is 0 Å². The Balaban J connectivity index is 2.48. The third-order valence-corrected chi connectivity index (χ3v) is 3.57. The van der Waals surface area contributed by atoms with E-state index in [1.165, 1.54) is 6.20 Å². The Morgan fingerprint density at radius 1 is 1.59 bits per heavy atom. The molecule has 94 valence electrons. The second kappa shape index (κ2) is 7.26. The number of nitrogens with one attached hydrogen (secondary N) is 1. The molecule has 1 rings (SSSR count). The van der Waals surface area contributed by atoms with E-state index in [1.54, 1.807) is 17.8 Å². The van der Waals surface area contributed by atoms with Gasteiger partial charge in [0.2, 0.25) is 0 Å². The van der Waals surface area contributed by atoms with Crippen LogP contribution in [0.5, 0.6) is 0 Å². The first-order chi connectivity index (χ1) is 8.17. The number of rotatable bonds is 6. The molecule has 0 aliphatic heterocycles. The summed E-state index contributed by atoms with van der Waals surface area (Å²) in [6.07, 6.45) is 2.53. The van der Waals surface area contributed by atoms with Gasteiger partial charge in [0.05, 0.1) is 11.3 Å². The predicted molar refractivity (Wildman–Crippen MR) is 70.3 cm³/mol. The molecule has 0 saturated carbocycles. The molecule has 0 fully saturated rings. The van der Waals surface area contributed by atoms with Crippen LogP contribution in [0.2, 0.25) is 0 Å². The van der Waals surface area contributed by atoms with Gasteiger partial charge in [-0.25, -0.2) is 5.84 Å². The number of amides is 1. The van der Waals surface area contributed by atoms with Crippen molar-refractivity contribution < 1.29 is 4.79 Å². The van der Waals surface area contributed by atoms with E-state index >= 15 is 0 Å². The van der Waals surface area contributed by atoms with Crippen LogP contribution >= 0.6 is 11.8 Å². The number of carbonyl (C=O) groups is 1. The number of carbonyl (C=O) groups excluding carboxylic acids is 1. The monoisotopic (exact) mass is 254 g/mol. The van der Waals surface area contributed by atoms with Gasteiger partial charge in [-0.1, -0.05) is 6.92 Å². The largest absolute Gasteiger partial charge is 0.330 e. The zero-order valence-corrected chi connectivity index (χ0v) is 10.7. The summed E-state index contributed by atoms with van der Waals surface area (Å²) in [7, 11) is 0. The fourth-order valence-electron chi connectivity index (χ4n) is 1.27. The van der Waals surface area contributed by atoms with E-state index in [2.05, 4.69) is 17.3 Å². The molecule has 0 aromatic carbocycles. The smallest absolute Gasteiger partial charge is 0.266 e. The van der Waals surface area contributed by atoms with Crippen molar-refractivity contribution in [2.75, 3.05) is 6.54 Å². The Labute approximate surface area is 105 Å². The van der Waals surface area contributed by atoms with Gasteiger partial charge in [-0.3, -0.25) is 15.2 Å². The number of nitrogens with zero attached hydrogens (tertiary/aromatic N) is 1. The van der Waals surface area contributed by atoms with Crippen molar-refractivity contribution in [3.05, 3.63) is 29.6 Å².